The fourth-order valence-corrected chi connectivity index (χ4v) is 2.13. The maximum atomic E-state index is 12.5. The monoisotopic (exact) mass is 406 g/mol. The number of allylic oxidation sites excluding steroid dienone is 3. The number of anilines is 1. The molecule has 6 heteroatoms. The van der Waals surface area contributed by atoms with E-state index in [9.17, 15) is 14.9 Å². The minimum Gasteiger partial charge on any atom is -0.396 e. The van der Waals surface area contributed by atoms with Crippen LogP contribution in [0.5, 0.6) is 0 Å². The van der Waals surface area contributed by atoms with E-state index in [1.807, 2.05) is 34.6 Å². The van der Waals surface area contributed by atoms with E-state index in [1.54, 1.807) is 32.2 Å². The molecular weight excluding hydrogens is 368 g/mol. The van der Waals surface area contributed by atoms with Crippen LogP contribution in [0.3, 0.4) is 0 Å². The van der Waals surface area contributed by atoms with Crippen LogP contribution in [0.25, 0.3) is 0 Å². The van der Waals surface area contributed by atoms with Gasteiger partial charge in [0.05, 0.1) is 4.92 Å². The zero-order chi connectivity index (χ0) is 23.4. The van der Waals surface area contributed by atoms with Crippen molar-refractivity contribution in [2.75, 3.05) is 18.6 Å². The summed E-state index contributed by atoms with van der Waals surface area (Å²) in [7, 11) is 1.62. The standard InChI is InChI=1S/C16H20N2O4.C3H6.2C2H6/c1-4-6-13(7-5-10-19)16(20)17(3)15-9-8-14(18(21)22)11-12(15)2;1-3-2;2*1-2/h4,6,8-9,11,19H,1,5,7,10H2,2-3H3;3H,1H2,2H3;2*1-2H3/b13-6-;;;. The van der Waals surface area contributed by atoms with Crippen LogP contribution in [0.1, 0.15) is 53.0 Å². The van der Waals surface area contributed by atoms with Gasteiger partial charge in [0.2, 0.25) is 0 Å². The molecule has 164 valence electrons. The average Bonchev–Trinajstić information content (AvgIpc) is 2.73. The van der Waals surface area contributed by atoms with Gasteiger partial charge in [-0.25, -0.2) is 0 Å². The molecule has 29 heavy (non-hydrogen) atoms. The van der Waals surface area contributed by atoms with Gasteiger partial charge in [-0.2, -0.15) is 0 Å². The Labute approximate surface area is 176 Å². The van der Waals surface area contributed by atoms with Gasteiger partial charge in [0.25, 0.3) is 11.6 Å². The number of nitro benzene ring substituents is 1. The maximum absolute atomic E-state index is 12.5. The summed E-state index contributed by atoms with van der Waals surface area (Å²) >= 11 is 0. The van der Waals surface area contributed by atoms with Gasteiger partial charge in [-0.1, -0.05) is 52.5 Å². The van der Waals surface area contributed by atoms with E-state index in [4.69, 9.17) is 5.11 Å². The molecule has 0 saturated heterocycles. The van der Waals surface area contributed by atoms with E-state index in [0.29, 0.717) is 29.7 Å². The van der Waals surface area contributed by atoms with Crippen LogP contribution >= 0.6 is 0 Å². The number of carbonyl (C=O) groups is 1. The van der Waals surface area contributed by atoms with Crippen molar-refractivity contribution in [3.63, 3.8) is 0 Å². The van der Waals surface area contributed by atoms with Crippen molar-refractivity contribution in [3.05, 3.63) is 70.8 Å². The van der Waals surface area contributed by atoms with Gasteiger partial charge in [-0.05, 0) is 38.3 Å². The molecule has 0 fully saturated rings. The Balaban J connectivity index is -0.000000856. The van der Waals surface area contributed by atoms with E-state index in [0.717, 1.165) is 0 Å². The van der Waals surface area contributed by atoms with E-state index in [1.165, 1.54) is 23.1 Å². The second-order valence-corrected chi connectivity index (χ2v) is 5.26. The van der Waals surface area contributed by atoms with Crippen molar-refractivity contribution in [2.45, 2.75) is 54.4 Å². The van der Waals surface area contributed by atoms with E-state index >= 15 is 0 Å². The van der Waals surface area contributed by atoms with Crippen LogP contribution in [0.2, 0.25) is 0 Å². The Hall–Kier alpha value is -2.73. The first-order chi connectivity index (χ1) is 13.8. The third-order valence-corrected chi connectivity index (χ3v) is 3.26. The summed E-state index contributed by atoms with van der Waals surface area (Å²) in [6.45, 7) is 18.6. The van der Waals surface area contributed by atoms with Gasteiger partial charge < -0.3 is 10.0 Å². The van der Waals surface area contributed by atoms with Crippen molar-refractivity contribution >= 4 is 17.3 Å². The molecule has 1 aromatic rings. The normalized spacial score (nSPS) is 9.31. The molecule has 0 radical (unpaired) electrons. The van der Waals surface area contributed by atoms with Crippen LogP contribution in [-0.4, -0.2) is 29.6 Å². The number of rotatable bonds is 7. The number of likely N-dealkylation sites (N-methyl/N-ethyl adjacent to an activating group) is 1. The van der Waals surface area contributed by atoms with Crippen LogP contribution in [0, 0.1) is 17.0 Å². The van der Waals surface area contributed by atoms with Crippen molar-refractivity contribution in [1.29, 1.82) is 0 Å². The summed E-state index contributed by atoms with van der Waals surface area (Å²) in [5, 5.41) is 19.7. The predicted octanol–water partition coefficient (Wildman–Crippen LogP) is 6.00. The minimum atomic E-state index is -0.469. The van der Waals surface area contributed by atoms with Gasteiger partial charge in [0.1, 0.15) is 0 Å². The zero-order valence-electron chi connectivity index (χ0n) is 19.1. The lowest BCUT2D eigenvalue weighted by molar-refractivity contribution is -0.384. The van der Waals surface area contributed by atoms with Gasteiger partial charge in [0, 0.05) is 37.0 Å². The minimum absolute atomic E-state index is 0.00202. The highest BCUT2D eigenvalue weighted by Gasteiger charge is 2.18. The molecule has 0 heterocycles. The van der Waals surface area contributed by atoms with Crippen molar-refractivity contribution in [3.8, 4) is 0 Å². The number of aryl methyl sites for hydroxylation is 1. The second-order valence-electron chi connectivity index (χ2n) is 5.26. The van der Waals surface area contributed by atoms with Crippen LogP contribution in [0.4, 0.5) is 11.4 Å². The SMILES string of the molecule is C=C/C=C(/CCCO)C(=O)N(C)c1ccc([N+](=O)[O-])cc1C.C=CC.CC.CC. The van der Waals surface area contributed by atoms with Gasteiger partial charge >= 0.3 is 0 Å². The van der Waals surface area contributed by atoms with Crippen molar-refractivity contribution in [2.24, 2.45) is 0 Å². The number of nitrogens with zero attached hydrogens (tertiary/aromatic N) is 2. The quantitative estimate of drug-likeness (QED) is 0.198. The van der Waals surface area contributed by atoms with E-state index in [2.05, 4.69) is 13.2 Å². The Kier molecular flexibility index (Phi) is 21.4. The molecule has 0 saturated carbocycles. The predicted molar refractivity (Wildman–Crippen MR) is 124 cm³/mol. The fourth-order valence-electron chi connectivity index (χ4n) is 2.13. The molecule has 0 unspecified atom stereocenters. The lowest BCUT2D eigenvalue weighted by atomic mass is 10.1. The molecule has 1 N–H and O–H groups in total. The highest BCUT2D eigenvalue weighted by Crippen LogP contribution is 2.25. The number of amides is 1. The summed E-state index contributed by atoms with van der Waals surface area (Å²) in [5.74, 6) is -0.217. The van der Waals surface area contributed by atoms with Crippen molar-refractivity contribution in [1.82, 2.24) is 0 Å². The lowest BCUT2D eigenvalue weighted by Crippen LogP contribution is -2.28. The summed E-state index contributed by atoms with van der Waals surface area (Å²) in [6, 6.07) is 4.36. The Morgan fingerprint density at radius 2 is 1.76 bits per heavy atom. The van der Waals surface area contributed by atoms with Gasteiger partial charge in [0.15, 0.2) is 0 Å². The number of hydrogen-bond donors (Lipinski definition) is 1. The largest absolute Gasteiger partial charge is 0.396 e. The highest BCUT2D eigenvalue weighted by atomic mass is 16.6. The van der Waals surface area contributed by atoms with Crippen molar-refractivity contribution < 1.29 is 14.8 Å². The zero-order valence-corrected chi connectivity index (χ0v) is 19.1. The summed E-state index contributed by atoms with van der Waals surface area (Å²) in [4.78, 5) is 24.2. The molecule has 0 spiro atoms. The Morgan fingerprint density at radius 1 is 1.24 bits per heavy atom. The summed E-state index contributed by atoms with van der Waals surface area (Å²) < 4.78 is 0. The lowest BCUT2D eigenvalue weighted by Gasteiger charge is -2.21. The Morgan fingerprint density at radius 3 is 2.14 bits per heavy atom. The Bertz CT molecular complexity index is 652. The molecule has 1 rings (SSSR count). The molecule has 1 amide bonds. The molecule has 6 nitrogen and oxygen atoms in total. The number of carbonyl (C=O) groups excluding carboxylic acids is 1. The number of benzene rings is 1. The van der Waals surface area contributed by atoms with Crippen LogP contribution < -0.4 is 4.90 Å². The molecule has 0 aliphatic heterocycles. The first-order valence-electron chi connectivity index (χ1n) is 9.86. The fraction of sp³-hybridized carbons (Fsp3) is 0.435. The summed E-state index contributed by atoms with van der Waals surface area (Å²) in [5.41, 5.74) is 1.77. The topological polar surface area (TPSA) is 83.7 Å². The first-order valence-corrected chi connectivity index (χ1v) is 9.86. The molecule has 0 aliphatic carbocycles. The first kappa shape index (κ1) is 31.0. The average molecular weight is 407 g/mol. The molecular formula is C23H38N2O4. The second kappa shape index (κ2) is 20.0. The van der Waals surface area contributed by atoms with Crippen LogP contribution in [-0.2, 0) is 4.79 Å². The highest BCUT2D eigenvalue weighted by molar-refractivity contribution is 6.05. The maximum Gasteiger partial charge on any atom is 0.269 e. The number of aliphatic hydroxyl groups is 1. The van der Waals surface area contributed by atoms with Gasteiger partial charge in [-0.15, -0.1) is 6.58 Å². The number of nitro groups is 1. The molecule has 0 aromatic heterocycles. The molecule has 0 aliphatic rings. The van der Waals surface area contributed by atoms with E-state index in [-0.39, 0.29) is 18.2 Å². The molecule has 0 atom stereocenters. The number of aliphatic hydroxyl groups excluding tert-OH is 1. The molecule has 1 aromatic carbocycles. The number of non-ortho nitro benzene ring substituents is 1. The smallest absolute Gasteiger partial charge is 0.269 e. The van der Waals surface area contributed by atoms with Crippen LogP contribution in [0.15, 0.2) is 55.2 Å². The van der Waals surface area contributed by atoms with E-state index < -0.39 is 4.92 Å². The molecule has 0 bridgehead atoms. The van der Waals surface area contributed by atoms with Gasteiger partial charge in [-0.3, -0.25) is 14.9 Å². The number of hydrogen-bond acceptors (Lipinski definition) is 4. The summed E-state index contributed by atoms with van der Waals surface area (Å²) in [6.07, 6.45) is 5.83. The third-order valence-electron chi connectivity index (χ3n) is 3.26. The third kappa shape index (κ3) is 12.4.